The van der Waals surface area contributed by atoms with E-state index in [4.69, 9.17) is 0 Å². The molecule has 0 aromatic heterocycles. The maximum absolute atomic E-state index is 12.3. The lowest BCUT2D eigenvalue weighted by molar-refractivity contribution is 0.278. The van der Waals surface area contributed by atoms with Crippen molar-refractivity contribution in [2.75, 3.05) is 0 Å². The van der Waals surface area contributed by atoms with Gasteiger partial charge in [0.1, 0.15) is 0 Å². The third kappa shape index (κ3) is 3.35. The van der Waals surface area contributed by atoms with Crippen LogP contribution in [0.5, 0.6) is 0 Å². The Bertz CT molecular complexity index is 650. The van der Waals surface area contributed by atoms with E-state index in [1.807, 2.05) is 6.92 Å². The molecule has 22 heavy (non-hydrogen) atoms. The number of hydrogen-bond donors (Lipinski definition) is 1. The highest BCUT2D eigenvalue weighted by Crippen LogP contribution is 2.40. The van der Waals surface area contributed by atoms with Gasteiger partial charge in [0.25, 0.3) is 10.0 Å². The number of sulfonamides is 1. The fraction of sp³-hybridized carbons (Fsp3) is 0.588. The quantitative estimate of drug-likeness (QED) is 0.865. The first-order valence-corrected chi connectivity index (χ1v) is 9.69. The van der Waals surface area contributed by atoms with Gasteiger partial charge in [0.15, 0.2) is 0 Å². The number of benzene rings is 1. The lowest BCUT2D eigenvalue weighted by atomic mass is 9.66. The fourth-order valence-electron chi connectivity index (χ4n) is 3.52. The molecule has 5 heteroatoms. The summed E-state index contributed by atoms with van der Waals surface area (Å²) in [6, 6.07) is 6.85. The van der Waals surface area contributed by atoms with Gasteiger partial charge in [-0.05, 0) is 44.2 Å². The van der Waals surface area contributed by atoms with Crippen LogP contribution < -0.4 is 4.83 Å². The Morgan fingerprint density at radius 2 is 1.73 bits per heavy atom. The average molecular weight is 320 g/mol. The van der Waals surface area contributed by atoms with Crippen LogP contribution in [0.3, 0.4) is 0 Å². The summed E-state index contributed by atoms with van der Waals surface area (Å²) in [6.45, 7) is 1.94. The van der Waals surface area contributed by atoms with Crippen molar-refractivity contribution in [2.24, 2.45) is 16.9 Å². The average Bonchev–Trinajstić information content (AvgIpc) is 2.46. The zero-order valence-electron chi connectivity index (χ0n) is 13.1. The second-order valence-corrected chi connectivity index (χ2v) is 8.23. The highest BCUT2D eigenvalue weighted by molar-refractivity contribution is 7.89. The normalized spacial score (nSPS) is 27.4. The van der Waals surface area contributed by atoms with E-state index < -0.39 is 10.0 Å². The second kappa shape index (κ2) is 6.41. The molecule has 0 unspecified atom stereocenters. The molecular formula is C17H24N2O2S. The molecule has 0 saturated heterocycles. The van der Waals surface area contributed by atoms with Crippen molar-refractivity contribution in [1.82, 2.24) is 4.83 Å². The van der Waals surface area contributed by atoms with E-state index in [2.05, 4.69) is 9.93 Å². The Labute approximate surface area is 133 Å². The van der Waals surface area contributed by atoms with E-state index in [1.54, 1.807) is 24.3 Å². The van der Waals surface area contributed by atoms with Gasteiger partial charge in [-0.15, -0.1) is 0 Å². The zero-order chi connectivity index (χ0) is 15.6. The molecule has 4 nitrogen and oxygen atoms in total. The summed E-state index contributed by atoms with van der Waals surface area (Å²) >= 11 is 0. The van der Waals surface area contributed by atoms with E-state index in [0.717, 1.165) is 30.0 Å². The predicted octanol–water partition coefficient (Wildman–Crippen LogP) is 3.62. The van der Waals surface area contributed by atoms with E-state index in [1.165, 1.54) is 32.1 Å². The van der Waals surface area contributed by atoms with Crippen LogP contribution in [0.25, 0.3) is 0 Å². The number of aryl methyl sites for hydroxylation is 1. The molecule has 0 bridgehead atoms. The number of nitrogens with zero attached hydrogens (tertiary/aromatic N) is 1. The van der Waals surface area contributed by atoms with Crippen molar-refractivity contribution in [3.05, 3.63) is 29.8 Å². The van der Waals surface area contributed by atoms with Crippen LogP contribution in [0.2, 0.25) is 0 Å². The summed E-state index contributed by atoms with van der Waals surface area (Å²) in [5.74, 6) is 1.23. The molecule has 0 heterocycles. The van der Waals surface area contributed by atoms with E-state index >= 15 is 0 Å². The van der Waals surface area contributed by atoms with E-state index in [-0.39, 0.29) is 4.90 Å². The van der Waals surface area contributed by atoms with Gasteiger partial charge in [0, 0.05) is 11.6 Å². The first kappa shape index (κ1) is 15.5. The summed E-state index contributed by atoms with van der Waals surface area (Å²) in [5, 5.41) is 4.24. The Hall–Kier alpha value is -1.36. The van der Waals surface area contributed by atoms with Gasteiger partial charge in [0.05, 0.1) is 4.90 Å². The van der Waals surface area contributed by atoms with Gasteiger partial charge in [-0.3, -0.25) is 0 Å². The molecule has 2 aliphatic carbocycles. The van der Waals surface area contributed by atoms with Crippen LogP contribution in [-0.4, -0.2) is 14.1 Å². The van der Waals surface area contributed by atoms with Crippen LogP contribution >= 0.6 is 0 Å². The molecule has 2 saturated carbocycles. The van der Waals surface area contributed by atoms with Crippen molar-refractivity contribution in [3.8, 4) is 0 Å². The van der Waals surface area contributed by atoms with Crippen LogP contribution in [0.15, 0.2) is 34.3 Å². The number of nitrogens with one attached hydrogen (secondary N) is 1. The molecular weight excluding hydrogens is 296 g/mol. The molecule has 0 amide bonds. The topological polar surface area (TPSA) is 58.5 Å². The molecule has 2 atom stereocenters. The van der Waals surface area contributed by atoms with Crippen molar-refractivity contribution >= 4 is 15.7 Å². The minimum absolute atomic E-state index is 0.274. The molecule has 1 N–H and O–H groups in total. The van der Waals surface area contributed by atoms with Crippen molar-refractivity contribution in [3.63, 3.8) is 0 Å². The number of rotatable bonds is 3. The third-order valence-corrected chi connectivity index (χ3v) is 6.17. The molecule has 1 aromatic carbocycles. The lowest BCUT2D eigenvalue weighted by Gasteiger charge is -2.39. The number of hydrazone groups is 1. The van der Waals surface area contributed by atoms with Crippen molar-refractivity contribution < 1.29 is 8.42 Å². The Morgan fingerprint density at radius 1 is 1.05 bits per heavy atom. The lowest BCUT2D eigenvalue weighted by Crippen LogP contribution is -2.39. The van der Waals surface area contributed by atoms with Gasteiger partial charge in [-0.1, -0.05) is 43.4 Å². The Morgan fingerprint density at radius 3 is 2.45 bits per heavy atom. The monoisotopic (exact) mass is 320 g/mol. The maximum Gasteiger partial charge on any atom is 0.276 e. The van der Waals surface area contributed by atoms with Crippen LogP contribution in [0.4, 0.5) is 0 Å². The summed E-state index contributed by atoms with van der Waals surface area (Å²) in [6.07, 6.45) is 8.58. The third-order valence-electron chi connectivity index (χ3n) is 4.95. The fourth-order valence-corrected chi connectivity index (χ4v) is 4.36. The molecule has 1 aromatic rings. The predicted molar refractivity (Wildman–Crippen MR) is 88.2 cm³/mol. The van der Waals surface area contributed by atoms with Crippen LogP contribution in [0, 0.1) is 18.8 Å². The van der Waals surface area contributed by atoms with Gasteiger partial charge in [-0.2, -0.15) is 13.5 Å². The molecule has 2 aliphatic rings. The van der Waals surface area contributed by atoms with Crippen LogP contribution in [-0.2, 0) is 10.0 Å². The zero-order valence-corrected chi connectivity index (χ0v) is 13.9. The van der Waals surface area contributed by atoms with Crippen molar-refractivity contribution in [1.29, 1.82) is 0 Å². The summed E-state index contributed by atoms with van der Waals surface area (Å²) < 4.78 is 24.5. The molecule has 0 spiro atoms. The SMILES string of the molecule is Cc1ccc(S(=O)(=O)N/N=C2\C[C@@H]3CCCCCC[C@H]23)cc1. The number of fused-ring (bicyclic) bond motifs is 1. The molecule has 120 valence electrons. The van der Waals surface area contributed by atoms with Gasteiger partial charge in [-0.25, -0.2) is 4.83 Å². The minimum Gasteiger partial charge on any atom is -0.200 e. The van der Waals surface area contributed by atoms with Crippen LogP contribution in [0.1, 0.15) is 50.5 Å². The first-order valence-electron chi connectivity index (χ1n) is 8.21. The van der Waals surface area contributed by atoms with Crippen molar-refractivity contribution in [2.45, 2.75) is 56.8 Å². The highest BCUT2D eigenvalue weighted by Gasteiger charge is 2.37. The summed E-state index contributed by atoms with van der Waals surface area (Å²) in [5.41, 5.74) is 2.09. The Balaban J connectivity index is 1.67. The van der Waals surface area contributed by atoms with Gasteiger partial charge >= 0.3 is 0 Å². The first-order chi connectivity index (χ1) is 10.6. The Kier molecular flexibility index (Phi) is 4.52. The largest absolute Gasteiger partial charge is 0.276 e. The number of hydrogen-bond acceptors (Lipinski definition) is 3. The standard InChI is InChI=1S/C17H24N2O2S/c1-13-8-10-15(11-9-13)22(20,21)19-18-17-12-14-6-4-2-3-5-7-16(14)17/h8-11,14,16,19H,2-7,12H2,1H3/b18-17+/t14-,16-/m0/s1. The summed E-state index contributed by atoms with van der Waals surface area (Å²) in [7, 11) is -3.54. The van der Waals surface area contributed by atoms with Gasteiger partial charge < -0.3 is 0 Å². The highest BCUT2D eigenvalue weighted by atomic mass is 32.2. The van der Waals surface area contributed by atoms with E-state index in [0.29, 0.717) is 5.92 Å². The minimum atomic E-state index is -3.54. The molecule has 3 rings (SSSR count). The maximum atomic E-state index is 12.3. The van der Waals surface area contributed by atoms with Gasteiger partial charge in [0.2, 0.25) is 0 Å². The molecule has 0 aliphatic heterocycles. The smallest absolute Gasteiger partial charge is 0.200 e. The molecule has 2 fully saturated rings. The molecule has 0 radical (unpaired) electrons. The second-order valence-electron chi connectivity index (χ2n) is 6.57. The summed E-state index contributed by atoms with van der Waals surface area (Å²) in [4.78, 5) is 2.70. The van der Waals surface area contributed by atoms with E-state index in [9.17, 15) is 8.42 Å².